The highest BCUT2D eigenvalue weighted by Crippen LogP contribution is 2.42. The number of hydrogen-bond donors (Lipinski definition) is 1. The molecule has 2 aromatic rings. The number of hydrogen-bond acceptors (Lipinski definition) is 5. The molecule has 0 amide bonds. The smallest absolute Gasteiger partial charge is 0.159 e. The molecule has 0 fully saturated rings. The molecule has 1 heterocycles. The number of aromatic nitrogens is 1. The van der Waals surface area contributed by atoms with Crippen LogP contribution in [0.2, 0.25) is 0 Å². The van der Waals surface area contributed by atoms with Gasteiger partial charge in [-0.05, 0) is 24.7 Å². The monoisotopic (exact) mass is 306 g/mol. The summed E-state index contributed by atoms with van der Waals surface area (Å²) in [5, 5.41) is 11.0. The number of benzene rings is 1. The molecule has 3 rings (SSSR count). The Hall–Kier alpha value is -1.66. The van der Waals surface area contributed by atoms with Crippen molar-refractivity contribution >= 4 is 29.5 Å². The second kappa shape index (κ2) is 5.03. The van der Waals surface area contributed by atoms with E-state index < -0.39 is 12.1 Å². The lowest BCUT2D eigenvalue weighted by Gasteiger charge is -2.20. The Morgan fingerprint density at radius 3 is 3.10 bits per heavy atom. The minimum Gasteiger partial charge on any atom is -0.546 e. The fourth-order valence-electron chi connectivity index (χ4n) is 2.41. The topological polar surface area (TPSA) is 65.2 Å². The number of aromatic amines is 1. The summed E-state index contributed by atoms with van der Waals surface area (Å²) in [6.07, 6.45) is 0.178. The molecule has 6 heteroatoms. The Bertz CT molecular complexity index is 732. The third-order valence-electron chi connectivity index (χ3n) is 3.36. The molecule has 1 aromatic carbocycles. The molecule has 1 aliphatic carbocycles. The van der Waals surface area contributed by atoms with Crippen LogP contribution in [-0.2, 0) is 11.2 Å². The van der Waals surface area contributed by atoms with Crippen LogP contribution in [0.15, 0.2) is 18.2 Å². The number of carbonyl (C=O) groups excluding carboxylic acids is 1. The van der Waals surface area contributed by atoms with Gasteiger partial charge in [-0.1, -0.05) is 19.1 Å². The minimum atomic E-state index is -1.18. The van der Waals surface area contributed by atoms with Gasteiger partial charge in [0.05, 0.1) is 11.7 Å². The molecule has 1 aromatic heterocycles. The summed E-state index contributed by atoms with van der Waals surface area (Å²) in [7, 11) is 0. The fraction of sp³-hybridized carbons (Fsp3) is 0.286. The Balaban J connectivity index is 2.00. The van der Waals surface area contributed by atoms with E-state index in [4.69, 9.17) is 17.0 Å². The van der Waals surface area contributed by atoms with Crippen molar-refractivity contribution < 1.29 is 14.6 Å². The summed E-state index contributed by atoms with van der Waals surface area (Å²) in [4.78, 5) is 15.3. The van der Waals surface area contributed by atoms with E-state index in [2.05, 4.69) is 4.98 Å². The van der Waals surface area contributed by atoms with Crippen molar-refractivity contribution in [1.29, 1.82) is 0 Å². The number of carboxylic acid groups (broad SMARTS) is 1. The van der Waals surface area contributed by atoms with Gasteiger partial charge in [0, 0.05) is 22.4 Å². The lowest BCUT2D eigenvalue weighted by Crippen LogP contribution is -2.39. The zero-order valence-electron chi connectivity index (χ0n) is 10.8. The lowest BCUT2D eigenvalue weighted by molar-refractivity contribution is -0.313. The van der Waals surface area contributed by atoms with E-state index in [0.29, 0.717) is 12.2 Å². The van der Waals surface area contributed by atoms with E-state index in [1.54, 1.807) is 24.3 Å². The highest BCUT2D eigenvalue weighted by atomic mass is 32.1. The van der Waals surface area contributed by atoms with Gasteiger partial charge in [0.2, 0.25) is 0 Å². The van der Waals surface area contributed by atoms with Crippen LogP contribution in [0, 0.1) is 3.95 Å². The summed E-state index contributed by atoms with van der Waals surface area (Å²) in [5.41, 5.74) is 3.08. The number of thiazole rings is 1. The number of fused-ring (bicyclic) bond motifs is 3. The zero-order chi connectivity index (χ0) is 14.3. The SMILES string of the molecule is CCC(Oc1cccc2c1Cc1sc(=S)[nH]c1-2)C(=O)[O-]. The first kappa shape index (κ1) is 13.3. The molecular formula is C14H12NO3S2-. The van der Waals surface area contributed by atoms with Crippen molar-refractivity contribution in [3.05, 3.63) is 32.6 Å². The van der Waals surface area contributed by atoms with E-state index in [1.165, 1.54) is 4.88 Å². The first-order chi connectivity index (χ1) is 9.60. The van der Waals surface area contributed by atoms with Crippen molar-refractivity contribution in [3.63, 3.8) is 0 Å². The molecule has 0 aliphatic heterocycles. The van der Waals surface area contributed by atoms with Gasteiger partial charge < -0.3 is 19.6 Å². The second-order valence-corrected chi connectivity index (χ2v) is 6.38. The number of carboxylic acids is 1. The highest BCUT2D eigenvalue weighted by Gasteiger charge is 2.25. The predicted octanol–water partition coefficient (Wildman–Crippen LogP) is 2.28. The van der Waals surface area contributed by atoms with Gasteiger partial charge in [0.1, 0.15) is 11.9 Å². The van der Waals surface area contributed by atoms with E-state index in [0.717, 1.165) is 27.2 Å². The van der Waals surface area contributed by atoms with E-state index in [9.17, 15) is 9.90 Å². The molecule has 4 nitrogen and oxygen atoms in total. The average Bonchev–Trinajstić information content (AvgIpc) is 2.92. The van der Waals surface area contributed by atoms with Gasteiger partial charge in [0.25, 0.3) is 0 Å². The number of ether oxygens (including phenoxy) is 1. The van der Waals surface area contributed by atoms with E-state index in [1.807, 2.05) is 12.1 Å². The van der Waals surface area contributed by atoms with Crippen LogP contribution >= 0.6 is 23.6 Å². The second-order valence-electron chi connectivity index (χ2n) is 4.61. The molecule has 1 atom stereocenters. The summed E-state index contributed by atoms with van der Waals surface area (Å²) in [6.45, 7) is 1.76. The maximum atomic E-state index is 11.0. The fourth-order valence-corrected chi connectivity index (χ4v) is 3.67. The maximum Gasteiger partial charge on any atom is 0.159 e. The summed E-state index contributed by atoms with van der Waals surface area (Å²) >= 11 is 6.70. The first-order valence-electron chi connectivity index (χ1n) is 6.32. The third kappa shape index (κ3) is 2.14. The summed E-state index contributed by atoms with van der Waals surface area (Å²) in [5.74, 6) is -0.571. The highest BCUT2D eigenvalue weighted by molar-refractivity contribution is 7.73. The first-order valence-corrected chi connectivity index (χ1v) is 7.54. The zero-order valence-corrected chi connectivity index (χ0v) is 12.4. The van der Waals surface area contributed by atoms with Gasteiger partial charge >= 0.3 is 0 Å². The van der Waals surface area contributed by atoms with E-state index >= 15 is 0 Å². The number of nitrogens with one attached hydrogen (secondary N) is 1. The van der Waals surface area contributed by atoms with Gasteiger partial charge in [-0.2, -0.15) is 0 Å². The molecule has 1 aliphatic rings. The molecular weight excluding hydrogens is 294 g/mol. The van der Waals surface area contributed by atoms with Gasteiger partial charge in [-0.15, -0.1) is 11.3 Å². The number of H-pyrrole nitrogens is 1. The molecule has 0 spiro atoms. The number of rotatable bonds is 4. The summed E-state index contributed by atoms with van der Waals surface area (Å²) < 4.78 is 6.36. The molecule has 0 radical (unpaired) electrons. The largest absolute Gasteiger partial charge is 0.546 e. The van der Waals surface area contributed by atoms with E-state index in [-0.39, 0.29) is 0 Å². The molecule has 0 bridgehead atoms. The molecule has 20 heavy (non-hydrogen) atoms. The van der Waals surface area contributed by atoms with Gasteiger partial charge in [0.15, 0.2) is 3.95 Å². The number of aliphatic carboxylic acids is 1. The van der Waals surface area contributed by atoms with Gasteiger partial charge in [-0.3, -0.25) is 0 Å². The van der Waals surface area contributed by atoms with Crippen molar-refractivity contribution in [2.75, 3.05) is 0 Å². The van der Waals surface area contributed by atoms with Crippen molar-refractivity contribution in [2.24, 2.45) is 0 Å². The van der Waals surface area contributed by atoms with Crippen LogP contribution in [0.5, 0.6) is 5.75 Å². The van der Waals surface area contributed by atoms with Crippen LogP contribution < -0.4 is 9.84 Å². The Kier molecular flexibility index (Phi) is 3.35. The molecule has 1 N–H and O–H groups in total. The van der Waals surface area contributed by atoms with Crippen LogP contribution in [0.4, 0.5) is 0 Å². The van der Waals surface area contributed by atoms with Crippen molar-refractivity contribution in [3.8, 4) is 17.0 Å². The lowest BCUT2D eigenvalue weighted by atomic mass is 10.1. The predicted molar refractivity (Wildman–Crippen MR) is 77.5 cm³/mol. The van der Waals surface area contributed by atoms with Crippen molar-refractivity contribution in [2.45, 2.75) is 25.9 Å². The Morgan fingerprint density at radius 1 is 1.60 bits per heavy atom. The van der Waals surface area contributed by atoms with Gasteiger partial charge in [-0.25, -0.2) is 0 Å². The molecule has 1 unspecified atom stereocenters. The van der Waals surface area contributed by atoms with Crippen molar-refractivity contribution in [1.82, 2.24) is 4.98 Å². The quantitative estimate of drug-likeness (QED) is 0.751. The maximum absolute atomic E-state index is 11.0. The average molecular weight is 306 g/mol. The van der Waals surface area contributed by atoms with Crippen LogP contribution in [0.1, 0.15) is 23.8 Å². The van der Waals surface area contributed by atoms with Crippen LogP contribution in [0.25, 0.3) is 11.3 Å². The Morgan fingerprint density at radius 2 is 2.40 bits per heavy atom. The number of carbonyl (C=O) groups is 1. The molecule has 104 valence electrons. The Labute approximate surface area is 125 Å². The standard InChI is InChI=1S/C14H13NO3S2/c1-2-9(13(16)17)18-10-5-3-4-7-8(10)6-11-12(7)15-14(19)20-11/h3-5,9H,2,6H2,1H3,(H,15,19)(H,16,17)/p-1. The molecule has 0 saturated heterocycles. The van der Waals surface area contributed by atoms with Crippen LogP contribution in [-0.4, -0.2) is 17.1 Å². The summed E-state index contributed by atoms with van der Waals surface area (Å²) in [6, 6.07) is 5.65. The third-order valence-corrected chi connectivity index (χ3v) is 4.60. The minimum absolute atomic E-state index is 0.371. The van der Waals surface area contributed by atoms with Crippen LogP contribution in [0.3, 0.4) is 0 Å². The molecule has 0 saturated carbocycles. The normalized spacial score (nSPS) is 13.7.